The summed E-state index contributed by atoms with van der Waals surface area (Å²) >= 11 is 0. The normalized spacial score (nSPS) is 16.4. The van der Waals surface area contributed by atoms with Crippen LogP contribution in [0.3, 0.4) is 0 Å². The number of nitrogens with zero attached hydrogens (tertiary/aromatic N) is 3. The molecule has 2 aliphatic rings. The van der Waals surface area contributed by atoms with Gasteiger partial charge >= 0.3 is 11.9 Å². The number of aromatic nitrogens is 2. The van der Waals surface area contributed by atoms with Crippen molar-refractivity contribution < 1.29 is 23.8 Å². The van der Waals surface area contributed by atoms with Gasteiger partial charge in [-0.15, -0.1) is 0 Å². The minimum absolute atomic E-state index is 0.00803. The number of carbonyl (C=O) groups excluding carboxylic acids is 2. The molecule has 1 aromatic heterocycles. The Labute approximate surface area is 168 Å². The molecule has 29 heavy (non-hydrogen) atoms. The van der Waals surface area contributed by atoms with Crippen molar-refractivity contribution >= 4 is 17.6 Å². The Hall–Kier alpha value is -3.13. The maximum absolute atomic E-state index is 12.4. The second-order valence-corrected chi connectivity index (χ2v) is 6.96. The number of rotatable bonds is 4. The molecule has 1 aromatic carbocycles. The third kappa shape index (κ3) is 3.63. The maximum atomic E-state index is 12.4. The lowest BCUT2D eigenvalue weighted by molar-refractivity contribution is -0.140. The van der Waals surface area contributed by atoms with Crippen LogP contribution in [0.2, 0.25) is 0 Å². The van der Waals surface area contributed by atoms with Crippen LogP contribution in [-0.2, 0) is 36.8 Å². The van der Waals surface area contributed by atoms with E-state index in [0.29, 0.717) is 5.69 Å². The van der Waals surface area contributed by atoms with Gasteiger partial charge in [-0.05, 0) is 25.0 Å². The van der Waals surface area contributed by atoms with Crippen molar-refractivity contribution in [2.75, 3.05) is 32.5 Å². The molecule has 0 N–H and O–H groups in total. The monoisotopic (exact) mass is 397 g/mol. The SMILES string of the molecule is COC(=O)C1=C(C(=O)OC)N(c2ccc(-c3cn4c(n3)CCCC4)cc2)COC1. The molecule has 3 heterocycles. The number of hydrogen-bond donors (Lipinski definition) is 0. The van der Waals surface area contributed by atoms with Crippen LogP contribution >= 0.6 is 0 Å². The molecule has 0 saturated heterocycles. The van der Waals surface area contributed by atoms with Gasteiger partial charge in [0.05, 0.1) is 32.1 Å². The number of methoxy groups -OCH3 is 2. The van der Waals surface area contributed by atoms with E-state index in [0.717, 1.165) is 30.0 Å². The zero-order chi connectivity index (χ0) is 20.4. The fraction of sp³-hybridized carbons (Fsp3) is 0.381. The number of ether oxygens (including phenoxy) is 3. The second kappa shape index (κ2) is 8.08. The molecule has 0 saturated carbocycles. The Morgan fingerprint density at radius 1 is 1.07 bits per heavy atom. The number of carbonyl (C=O) groups is 2. The summed E-state index contributed by atoms with van der Waals surface area (Å²) in [5.74, 6) is -0.103. The van der Waals surface area contributed by atoms with Crippen molar-refractivity contribution in [3.8, 4) is 11.3 Å². The zero-order valence-corrected chi connectivity index (χ0v) is 16.5. The first kappa shape index (κ1) is 19.2. The number of fused-ring (bicyclic) bond motifs is 1. The van der Waals surface area contributed by atoms with Crippen molar-refractivity contribution in [2.45, 2.75) is 25.8 Å². The molecular formula is C21H23N3O5. The molecular weight excluding hydrogens is 374 g/mol. The van der Waals surface area contributed by atoms with Crippen LogP contribution in [0.15, 0.2) is 41.7 Å². The third-order valence-electron chi connectivity index (χ3n) is 5.22. The van der Waals surface area contributed by atoms with Crippen molar-refractivity contribution in [3.63, 3.8) is 0 Å². The van der Waals surface area contributed by atoms with Crippen LogP contribution in [0.1, 0.15) is 18.7 Å². The Kier molecular flexibility index (Phi) is 5.35. The van der Waals surface area contributed by atoms with Crippen molar-refractivity contribution in [2.24, 2.45) is 0 Å². The molecule has 152 valence electrons. The van der Waals surface area contributed by atoms with E-state index in [1.807, 2.05) is 24.3 Å². The summed E-state index contributed by atoms with van der Waals surface area (Å²) in [4.78, 5) is 30.8. The highest BCUT2D eigenvalue weighted by molar-refractivity contribution is 6.03. The highest BCUT2D eigenvalue weighted by atomic mass is 16.5. The number of esters is 2. The van der Waals surface area contributed by atoms with Gasteiger partial charge in [0.15, 0.2) is 0 Å². The van der Waals surface area contributed by atoms with E-state index in [1.165, 1.54) is 27.1 Å². The lowest BCUT2D eigenvalue weighted by Gasteiger charge is -2.31. The predicted molar refractivity (Wildman–Crippen MR) is 105 cm³/mol. The van der Waals surface area contributed by atoms with E-state index in [1.54, 1.807) is 4.90 Å². The molecule has 8 heteroatoms. The number of imidazole rings is 1. The minimum Gasteiger partial charge on any atom is -0.466 e. The first-order valence-electron chi connectivity index (χ1n) is 9.54. The molecule has 4 rings (SSSR count). The summed E-state index contributed by atoms with van der Waals surface area (Å²) in [6, 6.07) is 7.65. The van der Waals surface area contributed by atoms with Gasteiger partial charge in [0, 0.05) is 30.4 Å². The van der Waals surface area contributed by atoms with Gasteiger partial charge in [-0.1, -0.05) is 12.1 Å². The molecule has 0 radical (unpaired) electrons. The molecule has 0 amide bonds. The van der Waals surface area contributed by atoms with Crippen LogP contribution in [-0.4, -0.2) is 49.0 Å². The average Bonchev–Trinajstić information content (AvgIpc) is 3.22. The number of hydrogen-bond acceptors (Lipinski definition) is 7. The second-order valence-electron chi connectivity index (χ2n) is 6.96. The molecule has 0 aliphatic carbocycles. The molecule has 0 atom stereocenters. The van der Waals surface area contributed by atoms with Gasteiger partial charge in [-0.2, -0.15) is 0 Å². The standard InChI is InChI=1S/C21H23N3O5/c1-27-20(25)16-12-29-13-24(19(16)21(26)28-2)15-8-6-14(7-9-15)17-11-23-10-4-3-5-18(23)22-17/h6-9,11H,3-5,10,12-13H2,1-2H3. The minimum atomic E-state index is -0.615. The summed E-state index contributed by atoms with van der Waals surface area (Å²) in [5, 5.41) is 0. The van der Waals surface area contributed by atoms with E-state index in [9.17, 15) is 9.59 Å². The van der Waals surface area contributed by atoms with Crippen LogP contribution < -0.4 is 4.90 Å². The lowest BCUT2D eigenvalue weighted by Crippen LogP contribution is -2.38. The van der Waals surface area contributed by atoms with E-state index in [4.69, 9.17) is 19.2 Å². The Morgan fingerprint density at radius 2 is 1.83 bits per heavy atom. The molecule has 8 nitrogen and oxygen atoms in total. The number of benzene rings is 1. The zero-order valence-electron chi connectivity index (χ0n) is 16.5. The first-order valence-corrected chi connectivity index (χ1v) is 9.54. The van der Waals surface area contributed by atoms with Crippen molar-refractivity contribution in [1.82, 2.24) is 9.55 Å². The van der Waals surface area contributed by atoms with E-state index >= 15 is 0 Å². The van der Waals surface area contributed by atoms with Gasteiger partial charge in [-0.3, -0.25) is 0 Å². The summed E-state index contributed by atoms with van der Waals surface area (Å²) < 4.78 is 17.4. The van der Waals surface area contributed by atoms with Gasteiger partial charge in [0.25, 0.3) is 0 Å². The summed E-state index contributed by atoms with van der Waals surface area (Å²) in [6.45, 7) is 1.13. The Bertz CT molecular complexity index is 938. The highest BCUT2D eigenvalue weighted by Crippen LogP contribution is 2.29. The van der Waals surface area contributed by atoms with Crippen LogP contribution in [0.25, 0.3) is 11.3 Å². The smallest absolute Gasteiger partial charge is 0.355 e. The molecule has 2 aliphatic heterocycles. The largest absolute Gasteiger partial charge is 0.466 e. The van der Waals surface area contributed by atoms with E-state index < -0.39 is 11.9 Å². The maximum Gasteiger partial charge on any atom is 0.355 e. The van der Waals surface area contributed by atoms with Gasteiger partial charge in [0.2, 0.25) is 0 Å². The van der Waals surface area contributed by atoms with Gasteiger partial charge < -0.3 is 23.7 Å². The van der Waals surface area contributed by atoms with Crippen molar-refractivity contribution in [3.05, 3.63) is 47.6 Å². The van der Waals surface area contributed by atoms with E-state index in [-0.39, 0.29) is 24.6 Å². The Balaban J connectivity index is 1.66. The van der Waals surface area contributed by atoms with Crippen LogP contribution in [0.4, 0.5) is 5.69 Å². The third-order valence-corrected chi connectivity index (χ3v) is 5.22. The fourth-order valence-electron chi connectivity index (χ4n) is 3.71. The molecule has 2 aromatic rings. The number of anilines is 1. The molecule has 0 bridgehead atoms. The average molecular weight is 397 g/mol. The summed E-state index contributed by atoms with van der Waals surface area (Å²) in [5.41, 5.74) is 2.90. The lowest BCUT2D eigenvalue weighted by atomic mass is 10.1. The molecule has 0 unspecified atom stereocenters. The number of aryl methyl sites for hydroxylation is 2. The van der Waals surface area contributed by atoms with E-state index in [2.05, 4.69) is 10.8 Å². The first-order chi connectivity index (χ1) is 14.1. The summed E-state index contributed by atoms with van der Waals surface area (Å²) in [6.07, 6.45) is 5.45. The van der Waals surface area contributed by atoms with Crippen LogP contribution in [0.5, 0.6) is 0 Å². The molecule has 0 fully saturated rings. The fourth-order valence-corrected chi connectivity index (χ4v) is 3.71. The van der Waals surface area contributed by atoms with Gasteiger partial charge in [-0.25, -0.2) is 14.6 Å². The molecule has 0 spiro atoms. The Morgan fingerprint density at radius 3 is 2.52 bits per heavy atom. The predicted octanol–water partition coefficient (Wildman–Crippen LogP) is 2.28. The van der Waals surface area contributed by atoms with Gasteiger partial charge in [0.1, 0.15) is 18.3 Å². The summed E-state index contributed by atoms with van der Waals surface area (Å²) in [7, 11) is 2.55. The topological polar surface area (TPSA) is 82.9 Å². The van der Waals surface area contributed by atoms with Crippen molar-refractivity contribution in [1.29, 1.82) is 0 Å². The van der Waals surface area contributed by atoms with Crippen LogP contribution in [0, 0.1) is 0 Å². The quantitative estimate of drug-likeness (QED) is 0.732. The highest BCUT2D eigenvalue weighted by Gasteiger charge is 2.32.